The van der Waals surface area contributed by atoms with E-state index in [4.69, 9.17) is 0 Å². The molecular weight excluding hydrogens is 350 g/mol. The van der Waals surface area contributed by atoms with Gasteiger partial charge in [0.2, 0.25) is 5.91 Å². The van der Waals surface area contributed by atoms with Gasteiger partial charge in [-0.2, -0.15) is 0 Å². The molecule has 0 aromatic heterocycles. The van der Waals surface area contributed by atoms with Gasteiger partial charge < -0.3 is 10.0 Å². The molecule has 1 atom stereocenters. The fraction of sp³-hybridized carbons (Fsp3) is 0.833. The molecule has 164 valence electrons. The summed E-state index contributed by atoms with van der Waals surface area (Å²) in [5.41, 5.74) is 0. The molecular formula is C24H45NO3. The number of amides is 1. The summed E-state index contributed by atoms with van der Waals surface area (Å²) in [5, 5.41) is 9.38. The predicted molar refractivity (Wildman–Crippen MR) is 119 cm³/mol. The molecule has 4 nitrogen and oxygen atoms in total. The highest BCUT2D eigenvalue weighted by Crippen LogP contribution is 2.17. The summed E-state index contributed by atoms with van der Waals surface area (Å²) in [4.78, 5) is 25.3. The highest BCUT2D eigenvalue weighted by molar-refractivity contribution is 5.82. The van der Waals surface area contributed by atoms with E-state index in [9.17, 15) is 14.7 Å². The van der Waals surface area contributed by atoms with Crippen LogP contribution in [-0.2, 0) is 9.59 Å². The van der Waals surface area contributed by atoms with Crippen molar-refractivity contribution in [3.05, 3.63) is 12.2 Å². The Morgan fingerprint density at radius 2 is 1.29 bits per heavy atom. The van der Waals surface area contributed by atoms with Gasteiger partial charge in [-0.25, -0.2) is 0 Å². The minimum atomic E-state index is -0.829. The second-order valence-corrected chi connectivity index (χ2v) is 7.82. The van der Waals surface area contributed by atoms with E-state index in [0.29, 0.717) is 19.5 Å². The van der Waals surface area contributed by atoms with Crippen LogP contribution in [0.3, 0.4) is 0 Å². The summed E-state index contributed by atoms with van der Waals surface area (Å²) in [7, 11) is 0. The van der Waals surface area contributed by atoms with Gasteiger partial charge in [-0.15, -0.1) is 0 Å². The highest BCUT2D eigenvalue weighted by atomic mass is 16.4. The minimum absolute atomic E-state index is 0.0294. The zero-order valence-corrected chi connectivity index (χ0v) is 18.8. The third kappa shape index (κ3) is 14.7. The first-order valence-corrected chi connectivity index (χ1v) is 11.7. The molecule has 0 saturated carbocycles. The molecule has 0 aromatic rings. The summed E-state index contributed by atoms with van der Waals surface area (Å²) in [5.74, 6) is -1.39. The number of unbranched alkanes of at least 4 members (excludes halogenated alkanes) is 10. The molecule has 0 aliphatic rings. The Morgan fingerprint density at radius 3 is 1.79 bits per heavy atom. The zero-order valence-electron chi connectivity index (χ0n) is 18.8. The largest absolute Gasteiger partial charge is 0.481 e. The maximum Gasteiger partial charge on any atom is 0.307 e. The normalized spacial score (nSPS) is 12.4. The number of hydrogen-bond donors (Lipinski definition) is 1. The van der Waals surface area contributed by atoms with Crippen LogP contribution in [0.2, 0.25) is 0 Å². The van der Waals surface area contributed by atoms with Crippen LogP contribution in [-0.4, -0.2) is 35.0 Å². The van der Waals surface area contributed by atoms with Crippen molar-refractivity contribution in [2.45, 2.75) is 111 Å². The lowest BCUT2D eigenvalue weighted by Gasteiger charge is -2.21. The molecule has 0 aromatic carbocycles. The summed E-state index contributed by atoms with van der Waals surface area (Å²) in [6.07, 6.45) is 20.0. The lowest BCUT2D eigenvalue weighted by Crippen LogP contribution is -2.33. The van der Waals surface area contributed by atoms with E-state index in [1.807, 2.05) is 13.8 Å². The SMILES string of the molecule is CCC/C=C/CCCCCCCCCCCC(CC(=O)N(CC)CC)C(=O)O. The van der Waals surface area contributed by atoms with Crippen LogP contribution < -0.4 is 0 Å². The average molecular weight is 396 g/mol. The van der Waals surface area contributed by atoms with Gasteiger partial charge in [0.15, 0.2) is 0 Å². The molecule has 1 unspecified atom stereocenters. The monoisotopic (exact) mass is 395 g/mol. The van der Waals surface area contributed by atoms with E-state index < -0.39 is 11.9 Å². The third-order valence-corrected chi connectivity index (χ3v) is 5.43. The number of carbonyl (C=O) groups excluding carboxylic acids is 1. The van der Waals surface area contributed by atoms with Crippen molar-refractivity contribution < 1.29 is 14.7 Å². The molecule has 1 amide bonds. The Morgan fingerprint density at radius 1 is 0.786 bits per heavy atom. The topological polar surface area (TPSA) is 57.6 Å². The van der Waals surface area contributed by atoms with Crippen LogP contribution in [0.5, 0.6) is 0 Å². The Balaban J connectivity index is 3.66. The zero-order chi connectivity index (χ0) is 21.0. The van der Waals surface area contributed by atoms with Crippen molar-refractivity contribution in [3.8, 4) is 0 Å². The smallest absolute Gasteiger partial charge is 0.307 e. The molecule has 0 aliphatic carbocycles. The van der Waals surface area contributed by atoms with Gasteiger partial charge in [0.05, 0.1) is 5.92 Å². The van der Waals surface area contributed by atoms with Crippen LogP contribution in [0.25, 0.3) is 0 Å². The molecule has 0 spiro atoms. The standard InChI is InChI=1S/C24H45NO3/c1-4-7-8-9-10-11-12-13-14-15-16-17-18-19-20-22(24(27)28)21-23(26)25(5-2)6-3/h8-9,22H,4-7,10-21H2,1-3H3,(H,27,28)/b9-8+. The van der Waals surface area contributed by atoms with Gasteiger partial charge in [0.1, 0.15) is 0 Å². The van der Waals surface area contributed by atoms with Crippen LogP contribution in [0.4, 0.5) is 0 Å². The first-order valence-electron chi connectivity index (χ1n) is 11.7. The second-order valence-electron chi connectivity index (χ2n) is 7.82. The molecule has 0 bridgehead atoms. The molecule has 0 aliphatic heterocycles. The van der Waals surface area contributed by atoms with Crippen LogP contribution in [0.15, 0.2) is 12.2 Å². The third-order valence-electron chi connectivity index (χ3n) is 5.43. The fourth-order valence-corrected chi connectivity index (χ4v) is 3.52. The van der Waals surface area contributed by atoms with E-state index in [-0.39, 0.29) is 12.3 Å². The lowest BCUT2D eigenvalue weighted by atomic mass is 9.96. The number of hydrogen-bond acceptors (Lipinski definition) is 2. The number of allylic oxidation sites excluding steroid dienone is 2. The van der Waals surface area contributed by atoms with Crippen LogP contribution in [0.1, 0.15) is 111 Å². The van der Waals surface area contributed by atoms with E-state index in [2.05, 4.69) is 19.1 Å². The summed E-state index contributed by atoms with van der Waals surface area (Å²) in [6, 6.07) is 0. The molecule has 28 heavy (non-hydrogen) atoms. The van der Waals surface area contributed by atoms with Crippen molar-refractivity contribution in [3.63, 3.8) is 0 Å². The first kappa shape index (κ1) is 26.7. The summed E-state index contributed by atoms with van der Waals surface area (Å²) >= 11 is 0. The Hall–Kier alpha value is -1.32. The van der Waals surface area contributed by atoms with Crippen LogP contribution >= 0.6 is 0 Å². The van der Waals surface area contributed by atoms with Gasteiger partial charge in [0.25, 0.3) is 0 Å². The van der Waals surface area contributed by atoms with Crippen molar-refractivity contribution in [1.29, 1.82) is 0 Å². The second kappa shape index (κ2) is 19.0. The van der Waals surface area contributed by atoms with E-state index in [1.165, 1.54) is 64.2 Å². The number of carboxylic acid groups (broad SMARTS) is 1. The molecule has 0 saturated heterocycles. The molecule has 0 rings (SSSR count). The average Bonchev–Trinajstić information content (AvgIpc) is 2.68. The number of aliphatic carboxylic acids is 1. The predicted octanol–water partition coefficient (Wildman–Crippen LogP) is 6.59. The Kier molecular flexibility index (Phi) is 18.1. The van der Waals surface area contributed by atoms with Gasteiger partial charge in [-0.1, -0.05) is 76.9 Å². The summed E-state index contributed by atoms with van der Waals surface area (Å²) in [6.45, 7) is 7.38. The number of nitrogens with zero attached hydrogens (tertiary/aromatic N) is 1. The molecule has 1 N–H and O–H groups in total. The first-order chi connectivity index (χ1) is 13.6. The maximum absolute atomic E-state index is 12.1. The molecule has 4 heteroatoms. The summed E-state index contributed by atoms with van der Waals surface area (Å²) < 4.78 is 0. The Bertz CT molecular complexity index is 416. The van der Waals surface area contributed by atoms with Crippen molar-refractivity contribution in [2.75, 3.05) is 13.1 Å². The van der Waals surface area contributed by atoms with Gasteiger partial charge in [-0.3, -0.25) is 9.59 Å². The lowest BCUT2D eigenvalue weighted by molar-refractivity contribution is -0.146. The van der Waals surface area contributed by atoms with Crippen molar-refractivity contribution in [2.24, 2.45) is 5.92 Å². The highest BCUT2D eigenvalue weighted by Gasteiger charge is 2.22. The molecule has 0 radical (unpaired) electrons. The van der Waals surface area contributed by atoms with Gasteiger partial charge in [-0.05, 0) is 39.5 Å². The maximum atomic E-state index is 12.1. The molecule has 0 fully saturated rings. The van der Waals surface area contributed by atoms with Crippen LogP contribution in [0, 0.1) is 5.92 Å². The Labute approximate surface area is 173 Å². The van der Waals surface area contributed by atoms with E-state index >= 15 is 0 Å². The number of rotatable bonds is 19. The fourth-order valence-electron chi connectivity index (χ4n) is 3.52. The quantitative estimate of drug-likeness (QED) is 0.198. The van der Waals surface area contributed by atoms with Crippen molar-refractivity contribution >= 4 is 11.9 Å². The van der Waals surface area contributed by atoms with Crippen molar-refractivity contribution in [1.82, 2.24) is 4.90 Å². The minimum Gasteiger partial charge on any atom is -0.481 e. The van der Waals surface area contributed by atoms with E-state index in [1.54, 1.807) is 4.90 Å². The van der Waals surface area contributed by atoms with E-state index in [0.717, 1.165) is 12.8 Å². The number of carboxylic acids is 1. The van der Waals surface area contributed by atoms with Gasteiger partial charge in [0, 0.05) is 19.5 Å². The number of carbonyl (C=O) groups is 2. The molecule has 0 heterocycles. The van der Waals surface area contributed by atoms with Gasteiger partial charge >= 0.3 is 5.97 Å².